The van der Waals surface area contributed by atoms with Gasteiger partial charge in [0.05, 0.1) is 17.7 Å². The highest BCUT2D eigenvalue weighted by atomic mass is 19.4. The SMILES string of the molecule is O=C(c1cc(C(F)(F)F)cc(C(F)(F)F)c1)N1CCCC(Oc2ccncc2)C1. The third kappa shape index (κ3) is 5.18. The second-order valence-corrected chi connectivity index (χ2v) is 6.61. The molecule has 0 spiro atoms. The zero-order valence-corrected chi connectivity index (χ0v) is 14.9. The Morgan fingerprint density at radius 2 is 1.59 bits per heavy atom. The molecule has 1 aliphatic rings. The molecule has 1 aromatic heterocycles. The molecule has 0 radical (unpaired) electrons. The van der Waals surface area contributed by atoms with Gasteiger partial charge in [-0.15, -0.1) is 0 Å². The minimum absolute atomic E-state index is 0.00232. The van der Waals surface area contributed by atoms with Crippen LogP contribution < -0.4 is 4.74 Å². The summed E-state index contributed by atoms with van der Waals surface area (Å²) in [6.07, 6.45) is -6.31. The van der Waals surface area contributed by atoms with Crippen LogP contribution in [0.1, 0.15) is 34.3 Å². The first-order chi connectivity index (χ1) is 13.5. The van der Waals surface area contributed by atoms with E-state index in [1.54, 1.807) is 12.1 Å². The smallest absolute Gasteiger partial charge is 0.416 e. The number of amides is 1. The van der Waals surface area contributed by atoms with E-state index in [9.17, 15) is 31.1 Å². The van der Waals surface area contributed by atoms with E-state index in [1.807, 2.05) is 0 Å². The molecule has 1 fully saturated rings. The number of hydrogen-bond donors (Lipinski definition) is 0. The number of aromatic nitrogens is 1. The number of carbonyl (C=O) groups excluding carboxylic acids is 1. The molecule has 2 aromatic rings. The van der Waals surface area contributed by atoms with Gasteiger partial charge in [0.15, 0.2) is 0 Å². The molecule has 1 unspecified atom stereocenters. The number of carbonyl (C=O) groups is 1. The van der Waals surface area contributed by atoms with Crippen molar-refractivity contribution in [3.8, 4) is 5.75 Å². The standard InChI is InChI=1S/C19H16F6N2O2/c20-18(21,22)13-8-12(9-14(10-13)19(23,24)25)17(28)27-7-1-2-16(11-27)29-15-3-5-26-6-4-15/h3-6,8-10,16H,1-2,7,11H2. The first kappa shape index (κ1) is 20.9. The Labute approximate surface area is 162 Å². The molecule has 0 N–H and O–H groups in total. The van der Waals surface area contributed by atoms with Crippen molar-refractivity contribution >= 4 is 5.91 Å². The van der Waals surface area contributed by atoms with E-state index in [4.69, 9.17) is 4.74 Å². The van der Waals surface area contributed by atoms with Crippen LogP contribution >= 0.6 is 0 Å². The van der Waals surface area contributed by atoms with Gasteiger partial charge >= 0.3 is 12.4 Å². The Kier molecular flexibility index (Phi) is 5.72. The molecule has 2 heterocycles. The molecule has 29 heavy (non-hydrogen) atoms. The second kappa shape index (κ2) is 7.92. The summed E-state index contributed by atoms with van der Waals surface area (Å²) in [4.78, 5) is 17.7. The van der Waals surface area contributed by atoms with Crippen molar-refractivity contribution < 1.29 is 35.9 Å². The van der Waals surface area contributed by atoms with Crippen molar-refractivity contribution in [2.45, 2.75) is 31.3 Å². The van der Waals surface area contributed by atoms with E-state index in [1.165, 1.54) is 17.3 Å². The minimum atomic E-state index is -5.01. The fourth-order valence-electron chi connectivity index (χ4n) is 3.09. The predicted molar refractivity (Wildman–Crippen MR) is 90.2 cm³/mol. The Hall–Kier alpha value is -2.78. The number of hydrogen-bond acceptors (Lipinski definition) is 3. The molecule has 1 saturated heterocycles. The lowest BCUT2D eigenvalue weighted by Gasteiger charge is -2.33. The fraction of sp³-hybridized carbons (Fsp3) is 0.368. The molecule has 0 bridgehead atoms. The molecule has 1 atom stereocenters. The van der Waals surface area contributed by atoms with E-state index in [0.717, 1.165) is 0 Å². The summed E-state index contributed by atoms with van der Waals surface area (Å²) in [5.41, 5.74) is -3.69. The van der Waals surface area contributed by atoms with E-state index in [0.29, 0.717) is 30.7 Å². The summed E-state index contributed by atoms with van der Waals surface area (Å²) in [6, 6.07) is 4.13. The van der Waals surface area contributed by atoms with Crippen LogP contribution in [-0.4, -0.2) is 35.0 Å². The Morgan fingerprint density at radius 1 is 1.00 bits per heavy atom. The maximum Gasteiger partial charge on any atom is 0.416 e. The van der Waals surface area contributed by atoms with Gasteiger partial charge in [-0.05, 0) is 43.2 Å². The van der Waals surface area contributed by atoms with Crippen molar-refractivity contribution in [2.24, 2.45) is 0 Å². The predicted octanol–water partition coefficient (Wildman–Crippen LogP) is 4.80. The number of rotatable bonds is 3. The Bertz CT molecular complexity index is 835. The van der Waals surface area contributed by atoms with Crippen LogP contribution in [0.5, 0.6) is 5.75 Å². The van der Waals surface area contributed by atoms with Crippen LogP contribution in [0, 0.1) is 0 Å². The maximum absolute atomic E-state index is 13.0. The quantitative estimate of drug-likeness (QED) is 0.673. The van der Waals surface area contributed by atoms with Crippen molar-refractivity contribution in [3.05, 3.63) is 59.4 Å². The molecule has 0 aliphatic carbocycles. The summed E-state index contributed by atoms with van der Waals surface area (Å²) in [7, 11) is 0. The van der Waals surface area contributed by atoms with Crippen LogP contribution in [0.25, 0.3) is 0 Å². The van der Waals surface area contributed by atoms with E-state index >= 15 is 0 Å². The highest BCUT2D eigenvalue weighted by Gasteiger charge is 2.38. The Morgan fingerprint density at radius 3 is 2.14 bits per heavy atom. The molecular weight excluding hydrogens is 402 g/mol. The normalized spacial score (nSPS) is 17.9. The highest BCUT2D eigenvalue weighted by Crippen LogP contribution is 2.36. The summed E-state index contributed by atoms with van der Waals surface area (Å²) < 4.78 is 83.9. The number of alkyl halides is 6. The zero-order chi connectivity index (χ0) is 21.2. The second-order valence-electron chi connectivity index (χ2n) is 6.61. The molecular formula is C19H16F6N2O2. The molecule has 1 amide bonds. The Balaban J connectivity index is 1.83. The summed E-state index contributed by atoms with van der Waals surface area (Å²) in [6.45, 7) is 0.269. The highest BCUT2D eigenvalue weighted by molar-refractivity contribution is 5.94. The monoisotopic (exact) mass is 418 g/mol. The number of likely N-dealkylation sites (tertiary alicyclic amines) is 1. The van der Waals surface area contributed by atoms with Gasteiger partial charge in [-0.25, -0.2) is 0 Å². The fourth-order valence-corrected chi connectivity index (χ4v) is 3.09. The largest absolute Gasteiger partial charge is 0.488 e. The van der Waals surface area contributed by atoms with Crippen molar-refractivity contribution in [1.29, 1.82) is 0 Å². The number of pyridine rings is 1. The van der Waals surface area contributed by atoms with Crippen molar-refractivity contribution in [1.82, 2.24) is 9.88 Å². The molecule has 1 aliphatic heterocycles. The lowest BCUT2D eigenvalue weighted by atomic mass is 10.0. The number of benzene rings is 1. The van der Waals surface area contributed by atoms with E-state index in [2.05, 4.69) is 4.98 Å². The average Bonchev–Trinajstić information content (AvgIpc) is 2.67. The van der Waals surface area contributed by atoms with Crippen LogP contribution in [-0.2, 0) is 12.4 Å². The average molecular weight is 418 g/mol. The van der Waals surface area contributed by atoms with Gasteiger partial charge in [0.2, 0.25) is 0 Å². The van der Waals surface area contributed by atoms with Gasteiger partial charge < -0.3 is 9.64 Å². The maximum atomic E-state index is 13.0. The summed E-state index contributed by atoms with van der Waals surface area (Å²) in [5, 5.41) is 0. The van der Waals surface area contributed by atoms with Gasteiger partial charge in [0.25, 0.3) is 5.91 Å². The molecule has 1 aromatic carbocycles. The van der Waals surface area contributed by atoms with Crippen molar-refractivity contribution in [2.75, 3.05) is 13.1 Å². The summed E-state index contributed by atoms with van der Waals surface area (Å²) in [5.74, 6) is -0.387. The topological polar surface area (TPSA) is 42.4 Å². The zero-order valence-electron chi connectivity index (χ0n) is 14.9. The summed E-state index contributed by atoms with van der Waals surface area (Å²) >= 11 is 0. The number of ether oxygens (including phenoxy) is 1. The first-order valence-corrected chi connectivity index (χ1v) is 8.69. The van der Waals surface area contributed by atoms with Crippen LogP contribution in [0.2, 0.25) is 0 Å². The van der Waals surface area contributed by atoms with Gasteiger partial charge in [-0.3, -0.25) is 9.78 Å². The lowest BCUT2D eigenvalue weighted by molar-refractivity contribution is -0.143. The van der Waals surface area contributed by atoms with Crippen LogP contribution in [0.3, 0.4) is 0 Å². The minimum Gasteiger partial charge on any atom is -0.488 e. The third-order valence-corrected chi connectivity index (χ3v) is 4.45. The molecule has 3 rings (SSSR count). The molecule has 156 valence electrons. The molecule has 4 nitrogen and oxygen atoms in total. The van der Waals surface area contributed by atoms with Crippen molar-refractivity contribution in [3.63, 3.8) is 0 Å². The van der Waals surface area contributed by atoms with E-state index in [-0.39, 0.29) is 19.2 Å². The lowest BCUT2D eigenvalue weighted by Crippen LogP contribution is -2.44. The van der Waals surface area contributed by atoms with Gasteiger partial charge in [0.1, 0.15) is 11.9 Å². The number of piperidine rings is 1. The van der Waals surface area contributed by atoms with Gasteiger partial charge in [-0.1, -0.05) is 0 Å². The van der Waals surface area contributed by atoms with Gasteiger partial charge in [0, 0.05) is 24.5 Å². The number of halogens is 6. The third-order valence-electron chi connectivity index (χ3n) is 4.45. The molecule has 0 saturated carbocycles. The number of nitrogens with zero attached hydrogens (tertiary/aromatic N) is 2. The van der Waals surface area contributed by atoms with Crippen LogP contribution in [0.4, 0.5) is 26.3 Å². The first-order valence-electron chi connectivity index (χ1n) is 8.69. The van der Waals surface area contributed by atoms with Crippen LogP contribution in [0.15, 0.2) is 42.7 Å². The molecule has 10 heteroatoms. The van der Waals surface area contributed by atoms with Gasteiger partial charge in [-0.2, -0.15) is 26.3 Å². The van der Waals surface area contributed by atoms with E-state index < -0.39 is 41.1 Å².